The van der Waals surface area contributed by atoms with Gasteiger partial charge in [0.15, 0.2) is 25.2 Å². The molecule has 0 radical (unpaired) electrons. The van der Waals surface area contributed by atoms with Crippen LogP contribution in [-0.4, -0.2) is 59.1 Å². The average molecular weight is 1020 g/mol. The molecule has 5 aliphatic rings. The summed E-state index contributed by atoms with van der Waals surface area (Å²) in [6.07, 6.45) is 7.55. The van der Waals surface area contributed by atoms with E-state index in [0.717, 1.165) is 75.8 Å². The van der Waals surface area contributed by atoms with Gasteiger partial charge < -0.3 is 65.0 Å². The van der Waals surface area contributed by atoms with Gasteiger partial charge in [-0.15, -0.1) is 0 Å². The Hall–Kier alpha value is -5.08. The highest BCUT2D eigenvalue weighted by Gasteiger charge is 2.37. The summed E-state index contributed by atoms with van der Waals surface area (Å²) in [4.78, 5) is 0. The van der Waals surface area contributed by atoms with Crippen molar-refractivity contribution in [3.63, 3.8) is 0 Å². The second-order valence-corrected chi connectivity index (χ2v) is 19.9. The summed E-state index contributed by atoms with van der Waals surface area (Å²) in [5, 5.41) is 0. The third-order valence-electron chi connectivity index (χ3n) is 13.0. The first kappa shape index (κ1) is 50.5. The van der Waals surface area contributed by atoms with Gasteiger partial charge in [0.25, 0.3) is 0 Å². The van der Waals surface area contributed by atoms with Crippen LogP contribution in [0, 0.1) is 33.6 Å². The van der Waals surface area contributed by atoms with E-state index >= 15 is 0 Å². The highest BCUT2D eigenvalue weighted by Crippen LogP contribution is 2.55. The number of ether oxygens (including phenoxy) is 8. The molecule has 0 spiro atoms. The number of benzene rings is 5. The Bertz CT molecular complexity index is 2610. The molecule has 0 amide bonds. The molecule has 5 aromatic rings. The Labute approximate surface area is 424 Å². The van der Waals surface area contributed by atoms with Crippen LogP contribution in [-0.2, 0) is 42.4 Å². The van der Waals surface area contributed by atoms with Crippen LogP contribution in [0.3, 0.4) is 0 Å². The van der Waals surface area contributed by atoms with Crippen molar-refractivity contribution in [2.24, 2.45) is 5.92 Å². The topological polar surface area (TPSA) is 129 Å². The van der Waals surface area contributed by atoms with Gasteiger partial charge in [-0.3, -0.25) is 0 Å². The van der Waals surface area contributed by atoms with Gasteiger partial charge in [0.1, 0.15) is 34.5 Å². The molecule has 72 heavy (non-hydrogen) atoms. The fourth-order valence-electron chi connectivity index (χ4n) is 8.94. The zero-order valence-corrected chi connectivity index (χ0v) is 42.9. The summed E-state index contributed by atoms with van der Waals surface area (Å²) < 4.78 is 90.7. The van der Waals surface area contributed by atoms with Crippen molar-refractivity contribution in [2.45, 2.75) is 85.0 Å². The zero-order valence-electron chi connectivity index (χ0n) is 41.2. The van der Waals surface area contributed by atoms with Gasteiger partial charge in [0.2, 0.25) is 0 Å². The maximum Gasteiger partial charge on any atom is 0.530 e. The fraction of sp³-hybridized carbons (Fsp3) is 0.393. The average Bonchev–Trinajstić information content (AvgIpc) is 3.43. The van der Waals surface area contributed by atoms with E-state index in [-0.39, 0.29) is 5.92 Å². The molecule has 0 N–H and O–H groups in total. The van der Waals surface area contributed by atoms with E-state index < -0.39 is 42.4 Å². The van der Waals surface area contributed by atoms with Crippen LogP contribution in [0.4, 0.5) is 0 Å². The number of allylic oxidation sites excluding steroid dienone is 3. The van der Waals surface area contributed by atoms with Crippen molar-refractivity contribution < 1.29 is 65.0 Å². The molecule has 4 saturated heterocycles. The van der Waals surface area contributed by atoms with Crippen molar-refractivity contribution >= 4 is 17.2 Å². The Kier molecular flexibility index (Phi) is 17.0. The van der Waals surface area contributed by atoms with Gasteiger partial charge in [0.05, 0.1) is 75.5 Å². The molecule has 2 unspecified atom stereocenters. The summed E-state index contributed by atoms with van der Waals surface area (Å²) in [7, 11) is -4.51. The highest BCUT2D eigenvalue weighted by atomic mass is 31.2. The third-order valence-corrected chi connectivity index (χ3v) is 15.1. The second kappa shape index (κ2) is 24.3. The summed E-state index contributed by atoms with van der Waals surface area (Å²) in [6, 6.07) is 30.9. The minimum Gasteiger partial charge on any atom is -0.413 e. The first-order valence-corrected chi connectivity index (χ1v) is 27.0. The van der Waals surface area contributed by atoms with Crippen molar-refractivity contribution in [3.05, 3.63) is 160 Å². The van der Waals surface area contributed by atoms with Crippen molar-refractivity contribution in [1.82, 2.24) is 0 Å². The largest absolute Gasteiger partial charge is 0.530 e. The smallest absolute Gasteiger partial charge is 0.413 e. The number of para-hydroxylation sites is 3. The molecule has 16 heteroatoms. The van der Waals surface area contributed by atoms with E-state index in [2.05, 4.69) is 33.8 Å². The molecule has 4 aliphatic heterocycles. The minimum absolute atomic E-state index is 0.229. The van der Waals surface area contributed by atoms with Crippen LogP contribution >= 0.6 is 17.2 Å². The second-order valence-electron chi connectivity index (χ2n) is 18.0. The van der Waals surface area contributed by atoms with Crippen molar-refractivity contribution in [1.29, 1.82) is 0 Å². The van der Waals surface area contributed by atoms with E-state index in [9.17, 15) is 0 Å². The van der Waals surface area contributed by atoms with Crippen LogP contribution in [0.25, 0.3) is 11.1 Å². The number of hydrogen-bond acceptors (Lipinski definition) is 14. The van der Waals surface area contributed by atoms with Gasteiger partial charge in [-0.2, -0.15) is 0 Å². The first-order chi connectivity index (χ1) is 35.4. The van der Waals surface area contributed by atoms with Gasteiger partial charge in [-0.25, -0.2) is 0 Å². The number of aryl methyl sites for hydroxylation is 2. The van der Waals surface area contributed by atoms with Crippen LogP contribution < -0.4 is 22.6 Å². The summed E-state index contributed by atoms with van der Waals surface area (Å²) in [5.41, 5.74) is 7.75. The molecule has 0 aromatic heterocycles. The first-order valence-electron chi connectivity index (χ1n) is 24.8. The maximum atomic E-state index is 7.16. The molecule has 4 heterocycles. The van der Waals surface area contributed by atoms with Gasteiger partial charge in [-0.1, -0.05) is 78.9 Å². The Morgan fingerprint density at radius 1 is 0.403 bits per heavy atom. The van der Waals surface area contributed by atoms with Crippen LogP contribution in [0.5, 0.6) is 28.7 Å². The molecule has 1 aliphatic carbocycles. The van der Waals surface area contributed by atoms with E-state index in [4.69, 9.17) is 65.0 Å². The molecular weight excluding hydrogens is 959 g/mol. The fourth-order valence-corrected chi connectivity index (χ4v) is 11.1. The molecule has 0 bridgehead atoms. The Morgan fingerprint density at radius 2 is 0.764 bits per heavy atom. The highest BCUT2D eigenvalue weighted by molar-refractivity contribution is 7.43. The third kappa shape index (κ3) is 12.0. The lowest BCUT2D eigenvalue weighted by atomic mass is 9.90. The monoisotopic (exact) mass is 1020 g/mol. The maximum absolute atomic E-state index is 7.16. The van der Waals surface area contributed by atoms with Crippen LogP contribution in [0.1, 0.15) is 89.9 Å². The molecule has 14 nitrogen and oxygen atoms in total. The standard InChI is InChI=1S/C56H62O14P2/c1-37-25-27-49(69-71(65-45-21-9-5-17-41(45)53-57-29-13-30-58-53)66-46-22-10-6-18-42(46)54-59-31-14-32-60-54)51(39(37)3)52-40(4)38(2)26-28-50(52)70-72(67-47-23-11-7-19-43(47)55-61-33-15-34-62-55)68-48-24-12-8-20-44(48)56-63-35-16-36-64-56/h5-12,17-19,21-28,44,53-56H,13-16,20,29-36H2,1-4H3. The van der Waals surface area contributed by atoms with Crippen LogP contribution in [0.15, 0.2) is 121 Å². The van der Waals surface area contributed by atoms with Gasteiger partial charge in [0, 0.05) is 11.1 Å². The van der Waals surface area contributed by atoms with Gasteiger partial charge >= 0.3 is 17.2 Å². The zero-order chi connectivity index (χ0) is 49.2. The molecular formula is C56H62O14P2. The van der Waals surface area contributed by atoms with Crippen molar-refractivity contribution in [3.8, 4) is 39.9 Å². The predicted octanol–water partition coefficient (Wildman–Crippen LogP) is 13.6. The summed E-state index contributed by atoms with van der Waals surface area (Å²) in [6.45, 7) is 12.9. The Morgan fingerprint density at radius 3 is 1.18 bits per heavy atom. The van der Waals surface area contributed by atoms with Crippen LogP contribution in [0.2, 0.25) is 0 Å². The number of rotatable bonds is 17. The van der Waals surface area contributed by atoms with E-state index in [0.29, 0.717) is 93.8 Å². The molecule has 10 rings (SSSR count). The molecule has 380 valence electrons. The minimum atomic E-state index is -2.27. The van der Waals surface area contributed by atoms with E-state index in [1.807, 2.05) is 109 Å². The summed E-state index contributed by atoms with van der Waals surface area (Å²) >= 11 is 0. The summed E-state index contributed by atoms with van der Waals surface area (Å²) in [5.74, 6) is 2.93. The van der Waals surface area contributed by atoms with Crippen molar-refractivity contribution in [2.75, 3.05) is 52.9 Å². The van der Waals surface area contributed by atoms with Gasteiger partial charge in [-0.05, 0) is 118 Å². The molecule has 0 saturated carbocycles. The quantitative estimate of drug-likeness (QED) is 0.0819. The normalized spacial score (nSPS) is 19.9. The lowest BCUT2D eigenvalue weighted by Crippen LogP contribution is -2.34. The Balaban J connectivity index is 1.04. The predicted molar refractivity (Wildman–Crippen MR) is 272 cm³/mol. The molecule has 4 fully saturated rings. The van der Waals surface area contributed by atoms with E-state index in [1.165, 1.54) is 0 Å². The SMILES string of the molecule is Cc1ccc(OP(OC2=CC=CCC2C2OCCCO2)Oc2ccccc2C2OCCCO2)c(-c2c(OP(Oc3ccccc3C3OCCCO3)Oc3ccccc3C3OCCCO3)ccc(C)c2C)c1C. The lowest BCUT2D eigenvalue weighted by Gasteiger charge is -2.33. The lowest BCUT2D eigenvalue weighted by molar-refractivity contribution is -0.201. The molecule has 2 atom stereocenters. The molecule has 5 aromatic carbocycles. The number of hydrogen-bond donors (Lipinski definition) is 0. The van der Waals surface area contributed by atoms with E-state index in [1.54, 1.807) is 0 Å².